The first-order valence-electron chi connectivity index (χ1n) is 7.50. The Labute approximate surface area is 138 Å². The van der Waals surface area contributed by atoms with Crippen molar-refractivity contribution in [2.75, 3.05) is 20.3 Å². The maximum absolute atomic E-state index is 13.4. The number of hydrogen-bond donors (Lipinski definition) is 2. The lowest BCUT2D eigenvalue weighted by Crippen LogP contribution is -2.45. The number of methoxy groups -OCH3 is 1. The summed E-state index contributed by atoms with van der Waals surface area (Å²) in [5, 5.41) is 9.33. The molecule has 1 amide bonds. The molecule has 1 aromatic heterocycles. The molecule has 2 heterocycles. The van der Waals surface area contributed by atoms with Gasteiger partial charge in [0, 0.05) is 5.56 Å². The van der Waals surface area contributed by atoms with E-state index in [4.69, 9.17) is 14.2 Å². The molecule has 1 aromatic carbocycles. The highest BCUT2D eigenvalue weighted by atomic mass is 19.1. The number of ether oxygens (including phenoxy) is 3. The quantitative estimate of drug-likeness (QED) is 0.825. The fourth-order valence-corrected chi connectivity index (χ4v) is 2.58. The Kier molecular flexibility index (Phi) is 4.95. The number of aromatic amines is 1. The first-order chi connectivity index (χ1) is 11.7. The highest BCUT2D eigenvalue weighted by molar-refractivity contribution is 5.79. The fraction of sp³-hybridized carbons (Fsp3) is 0.375. The summed E-state index contributed by atoms with van der Waals surface area (Å²) in [6, 6.07) is 3.80. The summed E-state index contributed by atoms with van der Waals surface area (Å²) in [5.41, 5.74) is 0.487. The van der Waals surface area contributed by atoms with E-state index in [1.165, 1.54) is 25.3 Å². The summed E-state index contributed by atoms with van der Waals surface area (Å²) >= 11 is 0. The summed E-state index contributed by atoms with van der Waals surface area (Å²) in [7, 11) is 1.48. The fourth-order valence-electron chi connectivity index (χ4n) is 2.58. The van der Waals surface area contributed by atoms with Crippen LogP contribution in [0.4, 0.5) is 4.39 Å². The van der Waals surface area contributed by atoms with Crippen molar-refractivity contribution in [1.82, 2.24) is 15.5 Å². The molecule has 0 bridgehead atoms. The van der Waals surface area contributed by atoms with Gasteiger partial charge in [-0.1, -0.05) is 0 Å². The van der Waals surface area contributed by atoms with E-state index >= 15 is 0 Å². The van der Waals surface area contributed by atoms with Crippen LogP contribution in [-0.2, 0) is 16.0 Å². The summed E-state index contributed by atoms with van der Waals surface area (Å²) < 4.78 is 29.6. The SMILES string of the molecule is COc1ccc(F)cc1CC(=O)N[C@H]1COC[C@H]1Oc1cn[nH]c1. The van der Waals surface area contributed by atoms with Gasteiger partial charge in [-0.2, -0.15) is 5.10 Å². The van der Waals surface area contributed by atoms with E-state index in [2.05, 4.69) is 15.5 Å². The van der Waals surface area contributed by atoms with Crippen LogP contribution in [0, 0.1) is 5.82 Å². The third-order valence-corrected chi connectivity index (χ3v) is 3.73. The Balaban J connectivity index is 1.61. The van der Waals surface area contributed by atoms with E-state index in [1.54, 1.807) is 12.4 Å². The average Bonchev–Trinajstić information content (AvgIpc) is 3.21. The first kappa shape index (κ1) is 16.3. The van der Waals surface area contributed by atoms with Gasteiger partial charge >= 0.3 is 0 Å². The number of H-pyrrole nitrogens is 1. The lowest BCUT2D eigenvalue weighted by atomic mass is 10.1. The number of nitrogens with zero attached hydrogens (tertiary/aromatic N) is 1. The molecule has 1 fully saturated rings. The maximum Gasteiger partial charge on any atom is 0.224 e. The van der Waals surface area contributed by atoms with Crippen molar-refractivity contribution in [1.29, 1.82) is 0 Å². The Morgan fingerprint density at radius 3 is 3.12 bits per heavy atom. The van der Waals surface area contributed by atoms with E-state index in [0.29, 0.717) is 30.3 Å². The molecule has 0 radical (unpaired) electrons. The summed E-state index contributed by atoms with van der Waals surface area (Å²) in [4.78, 5) is 12.3. The molecular weight excluding hydrogens is 317 g/mol. The van der Waals surface area contributed by atoms with Crippen LogP contribution in [0.5, 0.6) is 11.5 Å². The first-order valence-corrected chi connectivity index (χ1v) is 7.50. The highest BCUT2D eigenvalue weighted by Crippen LogP contribution is 2.20. The van der Waals surface area contributed by atoms with Crippen LogP contribution < -0.4 is 14.8 Å². The molecule has 0 unspecified atom stereocenters. The van der Waals surface area contributed by atoms with Crippen molar-refractivity contribution in [3.8, 4) is 11.5 Å². The van der Waals surface area contributed by atoms with E-state index < -0.39 is 5.82 Å². The van der Waals surface area contributed by atoms with E-state index in [-0.39, 0.29) is 24.5 Å². The molecule has 24 heavy (non-hydrogen) atoms. The van der Waals surface area contributed by atoms with Gasteiger partial charge in [-0.25, -0.2) is 4.39 Å². The molecule has 2 aromatic rings. The lowest BCUT2D eigenvalue weighted by Gasteiger charge is -2.20. The third-order valence-electron chi connectivity index (χ3n) is 3.73. The summed E-state index contributed by atoms with van der Waals surface area (Å²) in [6.07, 6.45) is 2.88. The van der Waals surface area contributed by atoms with Gasteiger partial charge < -0.3 is 19.5 Å². The number of carbonyl (C=O) groups is 1. The second kappa shape index (κ2) is 7.31. The molecule has 2 N–H and O–H groups in total. The zero-order chi connectivity index (χ0) is 16.9. The van der Waals surface area contributed by atoms with Gasteiger partial charge in [-0.15, -0.1) is 0 Å². The smallest absolute Gasteiger partial charge is 0.224 e. The normalized spacial score (nSPS) is 19.9. The van der Waals surface area contributed by atoms with Crippen LogP contribution >= 0.6 is 0 Å². The molecule has 0 spiro atoms. The minimum Gasteiger partial charge on any atom is -0.496 e. The summed E-state index contributed by atoms with van der Waals surface area (Å²) in [6.45, 7) is 0.730. The monoisotopic (exact) mass is 335 g/mol. The predicted molar refractivity (Wildman–Crippen MR) is 82.4 cm³/mol. The number of hydrogen-bond acceptors (Lipinski definition) is 5. The second-order valence-electron chi connectivity index (χ2n) is 5.43. The number of nitrogens with one attached hydrogen (secondary N) is 2. The van der Waals surface area contributed by atoms with Crippen molar-refractivity contribution in [2.45, 2.75) is 18.6 Å². The molecule has 3 rings (SSSR count). The molecule has 1 aliphatic rings. The molecule has 2 atom stereocenters. The van der Waals surface area contributed by atoms with Crippen LogP contribution in [-0.4, -0.2) is 48.6 Å². The molecule has 8 heteroatoms. The van der Waals surface area contributed by atoms with Crippen molar-refractivity contribution in [3.05, 3.63) is 42.0 Å². The zero-order valence-electron chi connectivity index (χ0n) is 13.1. The molecule has 1 saturated heterocycles. The standard InChI is InChI=1S/C16H18FN3O4/c1-22-14-3-2-11(17)4-10(14)5-16(21)20-13-8-23-9-15(13)24-12-6-18-19-7-12/h2-4,6-7,13,15H,5,8-9H2,1H3,(H,18,19)(H,20,21)/t13-,15+/m0/s1. The van der Waals surface area contributed by atoms with Crippen LogP contribution in [0.3, 0.4) is 0 Å². The van der Waals surface area contributed by atoms with Gasteiger partial charge in [0.25, 0.3) is 0 Å². The molecule has 1 aliphatic heterocycles. The Morgan fingerprint density at radius 1 is 1.50 bits per heavy atom. The number of rotatable bonds is 6. The third kappa shape index (κ3) is 3.83. The van der Waals surface area contributed by atoms with Crippen LogP contribution in [0.25, 0.3) is 0 Å². The van der Waals surface area contributed by atoms with Crippen molar-refractivity contribution in [2.24, 2.45) is 0 Å². The number of amides is 1. The van der Waals surface area contributed by atoms with Gasteiger partial charge in [-0.3, -0.25) is 9.89 Å². The average molecular weight is 335 g/mol. The van der Waals surface area contributed by atoms with Crippen molar-refractivity contribution >= 4 is 5.91 Å². The van der Waals surface area contributed by atoms with Gasteiger partial charge in [0.05, 0.1) is 45.2 Å². The van der Waals surface area contributed by atoms with Crippen molar-refractivity contribution in [3.63, 3.8) is 0 Å². The predicted octanol–water partition coefficient (Wildman–Crippen LogP) is 1.06. The van der Waals surface area contributed by atoms with E-state index in [1.807, 2.05) is 0 Å². The Morgan fingerprint density at radius 2 is 2.38 bits per heavy atom. The largest absolute Gasteiger partial charge is 0.496 e. The Hall–Kier alpha value is -2.61. The minimum absolute atomic E-state index is 0.00979. The summed E-state index contributed by atoms with van der Waals surface area (Å²) in [5.74, 6) is 0.385. The number of benzene rings is 1. The van der Waals surface area contributed by atoms with Crippen LogP contribution in [0.1, 0.15) is 5.56 Å². The molecule has 7 nitrogen and oxygen atoms in total. The van der Waals surface area contributed by atoms with Gasteiger partial charge in [0.15, 0.2) is 5.75 Å². The minimum atomic E-state index is -0.413. The van der Waals surface area contributed by atoms with Crippen LogP contribution in [0.2, 0.25) is 0 Å². The van der Waals surface area contributed by atoms with E-state index in [0.717, 1.165) is 0 Å². The van der Waals surface area contributed by atoms with Gasteiger partial charge in [0.1, 0.15) is 17.7 Å². The zero-order valence-corrected chi connectivity index (χ0v) is 13.1. The Bertz CT molecular complexity index is 693. The molecule has 128 valence electrons. The topological polar surface area (TPSA) is 85.5 Å². The van der Waals surface area contributed by atoms with Crippen LogP contribution in [0.15, 0.2) is 30.6 Å². The maximum atomic E-state index is 13.4. The highest BCUT2D eigenvalue weighted by Gasteiger charge is 2.31. The molecular formula is C16H18FN3O4. The number of carbonyl (C=O) groups excluding carboxylic acids is 1. The lowest BCUT2D eigenvalue weighted by molar-refractivity contribution is -0.121. The number of halogens is 1. The molecule has 0 aliphatic carbocycles. The van der Waals surface area contributed by atoms with E-state index in [9.17, 15) is 9.18 Å². The molecule has 0 saturated carbocycles. The number of aromatic nitrogens is 2. The van der Waals surface area contributed by atoms with Gasteiger partial charge in [-0.05, 0) is 18.2 Å². The second-order valence-corrected chi connectivity index (χ2v) is 5.43. The van der Waals surface area contributed by atoms with Gasteiger partial charge in [0.2, 0.25) is 5.91 Å². The van der Waals surface area contributed by atoms with Crippen molar-refractivity contribution < 1.29 is 23.4 Å².